The Morgan fingerprint density at radius 3 is 2.73 bits per heavy atom. The third-order valence-corrected chi connectivity index (χ3v) is 3.58. The number of hydrogen-bond donors (Lipinski definition) is 2. The molecule has 0 radical (unpaired) electrons. The maximum Gasteiger partial charge on any atom is 0.191 e. The van der Waals surface area contributed by atoms with Crippen LogP contribution in [0.2, 0.25) is 0 Å². The van der Waals surface area contributed by atoms with Crippen LogP contribution in [0.5, 0.6) is 5.75 Å². The van der Waals surface area contributed by atoms with Crippen LogP contribution in [-0.2, 0) is 6.42 Å². The Bertz CT molecular complexity index is 664. The zero-order chi connectivity index (χ0) is 17.9. The second-order valence-corrected chi connectivity index (χ2v) is 5.96. The Labute approximate surface area is 173 Å². The molecule has 142 valence electrons. The molecule has 0 aliphatic rings. The van der Waals surface area contributed by atoms with Gasteiger partial charge in [0.25, 0.3) is 0 Å². The number of aliphatic imine (C=N–C) groups is 1. The number of nitrogens with one attached hydrogen (secondary N) is 2. The first-order valence-electron chi connectivity index (χ1n) is 8.82. The fourth-order valence-corrected chi connectivity index (χ4v) is 2.37. The maximum absolute atomic E-state index is 5.92. The predicted molar refractivity (Wildman–Crippen MR) is 119 cm³/mol. The summed E-state index contributed by atoms with van der Waals surface area (Å²) >= 11 is 0. The molecule has 0 fully saturated rings. The molecule has 0 aliphatic heterocycles. The Morgan fingerprint density at radius 1 is 1.19 bits per heavy atom. The number of pyridine rings is 1. The minimum atomic E-state index is 0. The lowest BCUT2D eigenvalue weighted by atomic mass is 10.2. The Hall–Kier alpha value is -1.83. The molecule has 1 aromatic heterocycles. The molecule has 2 rings (SSSR count). The zero-order valence-electron chi connectivity index (χ0n) is 15.7. The Morgan fingerprint density at radius 2 is 2.04 bits per heavy atom. The number of benzene rings is 1. The van der Waals surface area contributed by atoms with Gasteiger partial charge in [0.1, 0.15) is 11.9 Å². The zero-order valence-corrected chi connectivity index (χ0v) is 18.1. The van der Waals surface area contributed by atoms with Gasteiger partial charge < -0.3 is 15.4 Å². The molecule has 0 saturated carbocycles. The maximum atomic E-state index is 5.92. The molecule has 6 heteroatoms. The van der Waals surface area contributed by atoms with Gasteiger partial charge in [0.2, 0.25) is 0 Å². The van der Waals surface area contributed by atoms with Crippen molar-refractivity contribution in [3.05, 3.63) is 59.9 Å². The number of ether oxygens (including phenoxy) is 1. The summed E-state index contributed by atoms with van der Waals surface area (Å²) < 4.78 is 5.92. The highest BCUT2D eigenvalue weighted by atomic mass is 127. The van der Waals surface area contributed by atoms with Crippen LogP contribution >= 0.6 is 24.0 Å². The summed E-state index contributed by atoms with van der Waals surface area (Å²) in [6.45, 7) is 8.35. The van der Waals surface area contributed by atoms with E-state index < -0.39 is 0 Å². The highest BCUT2D eigenvalue weighted by molar-refractivity contribution is 14.0. The van der Waals surface area contributed by atoms with E-state index in [0.29, 0.717) is 6.54 Å². The average molecular weight is 468 g/mol. The van der Waals surface area contributed by atoms with E-state index in [9.17, 15) is 0 Å². The van der Waals surface area contributed by atoms with Gasteiger partial charge in [0.15, 0.2) is 5.96 Å². The number of nitrogens with zero attached hydrogens (tertiary/aromatic N) is 2. The molecule has 0 spiro atoms. The van der Waals surface area contributed by atoms with Crippen LogP contribution in [0.3, 0.4) is 0 Å². The van der Waals surface area contributed by atoms with Crippen LogP contribution in [0.4, 0.5) is 0 Å². The van der Waals surface area contributed by atoms with Crippen molar-refractivity contribution >= 4 is 29.9 Å². The number of hydrogen-bond acceptors (Lipinski definition) is 3. The molecule has 0 saturated heterocycles. The molecule has 1 unspecified atom stereocenters. The monoisotopic (exact) mass is 468 g/mol. The number of guanidine groups is 1. The summed E-state index contributed by atoms with van der Waals surface area (Å²) in [6, 6.07) is 14.0. The third-order valence-electron chi connectivity index (χ3n) is 3.58. The van der Waals surface area contributed by atoms with Crippen molar-refractivity contribution in [2.24, 2.45) is 4.99 Å². The third kappa shape index (κ3) is 8.51. The van der Waals surface area contributed by atoms with Gasteiger partial charge in [-0.3, -0.25) is 4.98 Å². The Balaban J connectivity index is 0.00000338. The molecule has 2 aromatic rings. The number of rotatable bonds is 8. The van der Waals surface area contributed by atoms with Crippen LogP contribution in [0.1, 0.15) is 25.1 Å². The van der Waals surface area contributed by atoms with Crippen molar-refractivity contribution < 1.29 is 4.74 Å². The van der Waals surface area contributed by atoms with Gasteiger partial charge >= 0.3 is 0 Å². The first kappa shape index (κ1) is 22.2. The van der Waals surface area contributed by atoms with E-state index in [0.717, 1.165) is 36.9 Å². The second-order valence-electron chi connectivity index (χ2n) is 5.96. The fourth-order valence-electron chi connectivity index (χ4n) is 2.37. The smallest absolute Gasteiger partial charge is 0.191 e. The lowest BCUT2D eigenvalue weighted by molar-refractivity contribution is 0.230. The van der Waals surface area contributed by atoms with Crippen LogP contribution in [0.25, 0.3) is 0 Å². The summed E-state index contributed by atoms with van der Waals surface area (Å²) in [4.78, 5) is 8.94. The summed E-state index contributed by atoms with van der Waals surface area (Å²) in [5.41, 5.74) is 2.26. The number of aromatic nitrogens is 1. The largest absolute Gasteiger partial charge is 0.489 e. The Kier molecular flexibility index (Phi) is 10.7. The van der Waals surface area contributed by atoms with Gasteiger partial charge in [-0.25, -0.2) is 4.99 Å². The van der Waals surface area contributed by atoms with Gasteiger partial charge in [0.05, 0.1) is 6.54 Å². The minimum absolute atomic E-state index is 0. The highest BCUT2D eigenvalue weighted by Gasteiger charge is 2.05. The standard InChI is InChI=1S/C20H28N4O.HI/c1-4-21-20(23-13-11-18-9-5-6-12-22-18)24-15-17(3)25-19-10-7-8-16(2)14-19;/h5-10,12,14,17H,4,11,13,15H2,1-3H3,(H2,21,23,24);1H. The van der Waals surface area contributed by atoms with Crippen LogP contribution in [0, 0.1) is 6.92 Å². The fraction of sp³-hybridized carbons (Fsp3) is 0.400. The topological polar surface area (TPSA) is 58.5 Å². The molecular formula is C20H29IN4O. The van der Waals surface area contributed by atoms with Gasteiger partial charge in [-0.2, -0.15) is 0 Å². The quantitative estimate of drug-likeness (QED) is 0.354. The van der Waals surface area contributed by atoms with Crippen molar-refractivity contribution in [1.29, 1.82) is 0 Å². The van der Waals surface area contributed by atoms with Crippen molar-refractivity contribution in [2.75, 3.05) is 19.6 Å². The van der Waals surface area contributed by atoms with E-state index >= 15 is 0 Å². The number of aryl methyl sites for hydroxylation is 1. The molecule has 2 N–H and O–H groups in total. The van der Waals surface area contributed by atoms with E-state index in [1.807, 2.05) is 49.5 Å². The van der Waals surface area contributed by atoms with Gasteiger partial charge in [-0.05, 0) is 50.6 Å². The summed E-state index contributed by atoms with van der Waals surface area (Å²) in [7, 11) is 0. The molecule has 1 heterocycles. The van der Waals surface area contributed by atoms with E-state index in [2.05, 4.69) is 40.5 Å². The summed E-state index contributed by atoms with van der Waals surface area (Å²) in [5.74, 6) is 1.69. The predicted octanol–water partition coefficient (Wildman–Crippen LogP) is 3.57. The van der Waals surface area contributed by atoms with Gasteiger partial charge in [-0.1, -0.05) is 18.2 Å². The van der Waals surface area contributed by atoms with Crippen LogP contribution in [-0.4, -0.2) is 36.7 Å². The summed E-state index contributed by atoms with van der Waals surface area (Å²) in [6.07, 6.45) is 2.69. The molecular weight excluding hydrogens is 439 g/mol. The first-order valence-corrected chi connectivity index (χ1v) is 8.82. The number of halogens is 1. The van der Waals surface area contributed by atoms with E-state index in [4.69, 9.17) is 4.74 Å². The van der Waals surface area contributed by atoms with Gasteiger partial charge in [-0.15, -0.1) is 24.0 Å². The van der Waals surface area contributed by atoms with Crippen LogP contribution < -0.4 is 15.4 Å². The lowest BCUT2D eigenvalue weighted by Crippen LogP contribution is -2.39. The van der Waals surface area contributed by atoms with Crippen LogP contribution in [0.15, 0.2) is 53.7 Å². The normalized spacial score (nSPS) is 12.0. The molecule has 26 heavy (non-hydrogen) atoms. The van der Waals surface area contributed by atoms with E-state index in [1.165, 1.54) is 5.56 Å². The van der Waals surface area contributed by atoms with E-state index in [1.54, 1.807) is 0 Å². The molecule has 1 atom stereocenters. The molecule has 0 amide bonds. The second kappa shape index (κ2) is 12.5. The average Bonchev–Trinajstić information content (AvgIpc) is 2.60. The van der Waals surface area contributed by atoms with Crippen molar-refractivity contribution in [1.82, 2.24) is 15.6 Å². The highest BCUT2D eigenvalue weighted by Crippen LogP contribution is 2.14. The van der Waals surface area contributed by atoms with Crippen molar-refractivity contribution in [3.8, 4) is 5.75 Å². The first-order chi connectivity index (χ1) is 12.2. The molecule has 0 bridgehead atoms. The molecule has 0 aliphatic carbocycles. The SMILES string of the molecule is CCNC(=NCC(C)Oc1cccc(C)c1)NCCc1ccccn1.I. The van der Waals surface area contributed by atoms with E-state index in [-0.39, 0.29) is 30.1 Å². The van der Waals surface area contributed by atoms with Crippen molar-refractivity contribution in [2.45, 2.75) is 33.3 Å². The molecule has 5 nitrogen and oxygen atoms in total. The lowest BCUT2D eigenvalue weighted by Gasteiger charge is -2.15. The minimum Gasteiger partial charge on any atom is -0.489 e. The summed E-state index contributed by atoms with van der Waals surface area (Å²) in [5, 5.41) is 6.60. The van der Waals surface area contributed by atoms with Gasteiger partial charge in [0, 0.05) is 31.4 Å². The van der Waals surface area contributed by atoms with Crippen molar-refractivity contribution in [3.63, 3.8) is 0 Å². The molecule has 1 aromatic carbocycles.